The summed E-state index contributed by atoms with van der Waals surface area (Å²) in [5, 5.41) is 7.91. The maximum Gasteiger partial charge on any atom is 0.158 e. The quantitative estimate of drug-likeness (QED) is 0.885. The van der Waals surface area contributed by atoms with Gasteiger partial charge in [0.2, 0.25) is 0 Å². The number of aromatic nitrogens is 3. The molecule has 5 heteroatoms. The normalized spacial score (nSPS) is 17.1. The molecule has 3 heterocycles. The molecule has 1 N–H and O–H groups in total. The molecule has 0 atom stereocenters. The zero-order valence-corrected chi connectivity index (χ0v) is 11.5. The molecule has 102 valence electrons. The minimum Gasteiger partial charge on any atom is -0.314 e. The molecule has 2 aromatic heterocycles. The monoisotopic (exact) mass is 259 g/mol. The predicted octanol–water partition coefficient (Wildman–Crippen LogP) is 0.876. The summed E-state index contributed by atoms with van der Waals surface area (Å²) >= 11 is 0. The Morgan fingerprint density at radius 1 is 1.32 bits per heavy atom. The van der Waals surface area contributed by atoms with Gasteiger partial charge in [0.1, 0.15) is 0 Å². The summed E-state index contributed by atoms with van der Waals surface area (Å²) in [5.41, 5.74) is 2.17. The second-order valence-electron chi connectivity index (χ2n) is 5.18. The number of pyridine rings is 1. The molecule has 1 saturated heterocycles. The van der Waals surface area contributed by atoms with Crippen molar-refractivity contribution in [2.45, 2.75) is 19.8 Å². The minimum atomic E-state index is 0.962. The number of piperazine rings is 1. The van der Waals surface area contributed by atoms with Crippen molar-refractivity contribution in [3.05, 3.63) is 29.7 Å². The van der Waals surface area contributed by atoms with Crippen molar-refractivity contribution in [2.24, 2.45) is 0 Å². The molecular formula is C14H21N5. The number of rotatable bonds is 4. The standard InChI is InChI=1S/C14H21N5/c1-12-4-2-9-19-14(12)16-13(17-19)5-3-8-18-10-6-15-7-11-18/h2,4,9,15H,3,5-8,10-11H2,1H3. The Morgan fingerprint density at radius 2 is 2.16 bits per heavy atom. The summed E-state index contributed by atoms with van der Waals surface area (Å²) < 4.78 is 1.88. The first-order valence-electron chi connectivity index (χ1n) is 7.07. The van der Waals surface area contributed by atoms with Crippen molar-refractivity contribution in [1.82, 2.24) is 24.8 Å². The number of aryl methyl sites for hydroxylation is 2. The van der Waals surface area contributed by atoms with Crippen LogP contribution in [0.3, 0.4) is 0 Å². The molecule has 1 aliphatic heterocycles. The summed E-state index contributed by atoms with van der Waals surface area (Å²) in [5.74, 6) is 0.962. The zero-order chi connectivity index (χ0) is 13.1. The van der Waals surface area contributed by atoms with Crippen LogP contribution in [0.5, 0.6) is 0 Å². The highest BCUT2D eigenvalue weighted by atomic mass is 15.3. The molecule has 1 aliphatic rings. The van der Waals surface area contributed by atoms with Crippen LogP contribution >= 0.6 is 0 Å². The molecule has 0 aliphatic carbocycles. The summed E-state index contributed by atoms with van der Waals surface area (Å²) in [7, 11) is 0. The molecule has 1 fully saturated rings. The van der Waals surface area contributed by atoms with Crippen LogP contribution in [0.4, 0.5) is 0 Å². The SMILES string of the molecule is Cc1cccn2nc(CCCN3CCNCC3)nc12. The van der Waals surface area contributed by atoms with E-state index < -0.39 is 0 Å². The Kier molecular flexibility index (Phi) is 3.75. The number of hydrogen-bond donors (Lipinski definition) is 1. The van der Waals surface area contributed by atoms with E-state index in [4.69, 9.17) is 0 Å². The Hall–Kier alpha value is -1.46. The molecule has 0 unspecified atom stereocenters. The van der Waals surface area contributed by atoms with Crippen molar-refractivity contribution in [3.8, 4) is 0 Å². The Balaban J connectivity index is 1.57. The van der Waals surface area contributed by atoms with E-state index in [2.05, 4.69) is 33.3 Å². The van der Waals surface area contributed by atoms with Crippen LogP contribution in [-0.2, 0) is 6.42 Å². The van der Waals surface area contributed by atoms with Gasteiger partial charge in [-0.05, 0) is 31.5 Å². The lowest BCUT2D eigenvalue weighted by molar-refractivity contribution is 0.238. The van der Waals surface area contributed by atoms with Gasteiger partial charge in [0.15, 0.2) is 11.5 Å². The molecule has 5 nitrogen and oxygen atoms in total. The van der Waals surface area contributed by atoms with E-state index in [1.54, 1.807) is 0 Å². The molecule has 0 radical (unpaired) electrons. The molecule has 19 heavy (non-hydrogen) atoms. The fraction of sp³-hybridized carbons (Fsp3) is 0.571. The molecule has 0 saturated carbocycles. The fourth-order valence-corrected chi connectivity index (χ4v) is 2.59. The van der Waals surface area contributed by atoms with Crippen LogP contribution in [-0.4, -0.2) is 52.2 Å². The van der Waals surface area contributed by atoms with E-state index in [1.165, 1.54) is 5.56 Å². The molecule has 0 spiro atoms. The van der Waals surface area contributed by atoms with E-state index in [-0.39, 0.29) is 0 Å². The van der Waals surface area contributed by atoms with Crippen molar-refractivity contribution >= 4 is 5.65 Å². The molecule has 0 amide bonds. The van der Waals surface area contributed by atoms with E-state index in [1.807, 2.05) is 16.8 Å². The van der Waals surface area contributed by atoms with Crippen molar-refractivity contribution in [3.63, 3.8) is 0 Å². The van der Waals surface area contributed by atoms with Gasteiger partial charge < -0.3 is 10.2 Å². The van der Waals surface area contributed by atoms with Gasteiger partial charge in [-0.25, -0.2) is 9.50 Å². The highest BCUT2D eigenvalue weighted by Crippen LogP contribution is 2.08. The Bertz CT molecular complexity index is 542. The molecule has 0 bridgehead atoms. The highest BCUT2D eigenvalue weighted by molar-refractivity contribution is 5.45. The van der Waals surface area contributed by atoms with Gasteiger partial charge in [-0.1, -0.05) is 6.07 Å². The van der Waals surface area contributed by atoms with Gasteiger partial charge in [-0.3, -0.25) is 0 Å². The number of nitrogens with zero attached hydrogens (tertiary/aromatic N) is 4. The molecule has 3 rings (SSSR count). The lowest BCUT2D eigenvalue weighted by Crippen LogP contribution is -2.43. The van der Waals surface area contributed by atoms with E-state index >= 15 is 0 Å². The van der Waals surface area contributed by atoms with Crippen LogP contribution in [0.15, 0.2) is 18.3 Å². The van der Waals surface area contributed by atoms with Crippen LogP contribution in [0.2, 0.25) is 0 Å². The van der Waals surface area contributed by atoms with E-state index in [0.29, 0.717) is 0 Å². The van der Waals surface area contributed by atoms with Gasteiger partial charge in [0.05, 0.1) is 0 Å². The summed E-state index contributed by atoms with van der Waals surface area (Å²) in [6, 6.07) is 4.09. The first-order valence-corrected chi connectivity index (χ1v) is 7.07. The highest BCUT2D eigenvalue weighted by Gasteiger charge is 2.10. The summed E-state index contributed by atoms with van der Waals surface area (Å²) in [4.78, 5) is 7.13. The predicted molar refractivity (Wildman–Crippen MR) is 75.4 cm³/mol. The third-order valence-electron chi connectivity index (χ3n) is 3.69. The second kappa shape index (κ2) is 5.67. The van der Waals surface area contributed by atoms with Crippen LogP contribution in [0.25, 0.3) is 5.65 Å². The number of nitrogens with one attached hydrogen (secondary N) is 1. The van der Waals surface area contributed by atoms with E-state index in [9.17, 15) is 0 Å². The maximum atomic E-state index is 4.62. The number of fused-ring (bicyclic) bond motifs is 1. The van der Waals surface area contributed by atoms with Gasteiger partial charge in [0, 0.05) is 38.8 Å². The van der Waals surface area contributed by atoms with Crippen LogP contribution < -0.4 is 5.32 Å². The fourth-order valence-electron chi connectivity index (χ4n) is 2.59. The smallest absolute Gasteiger partial charge is 0.158 e. The maximum absolute atomic E-state index is 4.62. The Morgan fingerprint density at radius 3 is 2.95 bits per heavy atom. The second-order valence-corrected chi connectivity index (χ2v) is 5.18. The van der Waals surface area contributed by atoms with Crippen molar-refractivity contribution in [2.75, 3.05) is 32.7 Å². The van der Waals surface area contributed by atoms with Gasteiger partial charge >= 0.3 is 0 Å². The van der Waals surface area contributed by atoms with Gasteiger partial charge in [-0.2, -0.15) is 5.10 Å². The zero-order valence-electron chi connectivity index (χ0n) is 11.5. The minimum absolute atomic E-state index is 0.962. The van der Waals surface area contributed by atoms with Gasteiger partial charge in [-0.15, -0.1) is 0 Å². The first-order chi connectivity index (χ1) is 9.33. The van der Waals surface area contributed by atoms with Crippen LogP contribution in [0.1, 0.15) is 17.8 Å². The molecule has 2 aromatic rings. The number of hydrogen-bond acceptors (Lipinski definition) is 4. The topological polar surface area (TPSA) is 45.5 Å². The third-order valence-corrected chi connectivity index (χ3v) is 3.69. The van der Waals surface area contributed by atoms with Crippen LogP contribution in [0, 0.1) is 6.92 Å². The third kappa shape index (κ3) is 2.93. The van der Waals surface area contributed by atoms with Gasteiger partial charge in [0.25, 0.3) is 0 Å². The lowest BCUT2D eigenvalue weighted by Gasteiger charge is -2.26. The first kappa shape index (κ1) is 12.6. The largest absolute Gasteiger partial charge is 0.314 e. The van der Waals surface area contributed by atoms with E-state index in [0.717, 1.165) is 57.0 Å². The molecular weight excluding hydrogens is 238 g/mol. The van der Waals surface area contributed by atoms with Crippen molar-refractivity contribution < 1.29 is 0 Å². The van der Waals surface area contributed by atoms with Crippen molar-refractivity contribution in [1.29, 1.82) is 0 Å². The Labute approximate surface area is 113 Å². The average molecular weight is 259 g/mol. The average Bonchev–Trinajstić information content (AvgIpc) is 2.84. The summed E-state index contributed by atoms with van der Waals surface area (Å²) in [6.07, 6.45) is 4.07. The molecule has 0 aromatic carbocycles. The summed E-state index contributed by atoms with van der Waals surface area (Å²) in [6.45, 7) is 7.79. The lowest BCUT2D eigenvalue weighted by atomic mass is 10.2.